The van der Waals surface area contributed by atoms with Crippen molar-refractivity contribution in [3.63, 3.8) is 0 Å². The number of rotatable bonds is 8. The Labute approximate surface area is 131 Å². The van der Waals surface area contributed by atoms with Gasteiger partial charge in [-0.2, -0.15) is 0 Å². The maximum absolute atomic E-state index is 12.2. The maximum atomic E-state index is 12.2. The summed E-state index contributed by atoms with van der Waals surface area (Å²) in [6.07, 6.45) is 4.47. The second-order valence-electron chi connectivity index (χ2n) is 5.79. The minimum atomic E-state index is -3.51. The Bertz CT molecular complexity index is 539. The topological polar surface area (TPSA) is 59.1 Å². The predicted molar refractivity (Wildman–Crippen MR) is 85.0 cm³/mol. The monoisotopic (exact) mass is 338 g/mol. The van der Waals surface area contributed by atoms with E-state index in [1.54, 1.807) is 6.92 Å². The van der Waals surface area contributed by atoms with Crippen LogP contribution in [0.1, 0.15) is 52.1 Å². The molecular formula is C13H23ClN2O2S2. The van der Waals surface area contributed by atoms with Gasteiger partial charge >= 0.3 is 0 Å². The summed E-state index contributed by atoms with van der Waals surface area (Å²) in [5, 5.41) is 0. The molecule has 1 aromatic rings. The van der Waals surface area contributed by atoms with Crippen molar-refractivity contribution in [2.24, 2.45) is 5.41 Å². The van der Waals surface area contributed by atoms with Gasteiger partial charge in [-0.25, -0.2) is 18.1 Å². The molecule has 0 unspecified atom stereocenters. The molecular weight excluding hydrogens is 316 g/mol. The average Bonchev–Trinajstić information content (AvgIpc) is 2.67. The van der Waals surface area contributed by atoms with Gasteiger partial charge in [-0.1, -0.05) is 63.0 Å². The van der Waals surface area contributed by atoms with Gasteiger partial charge in [0, 0.05) is 6.54 Å². The fourth-order valence-electron chi connectivity index (χ4n) is 1.90. The highest BCUT2D eigenvalue weighted by atomic mass is 35.5. The van der Waals surface area contributed by atoms with Crippen LogP contribution < -0.4 is 4.72 Å². The molecule has 7 heteroatoms. The van der Waals surface area contributed by atoms with Gasteiger partial charge in [-0.15, -0.1) is 0 Å². The van der Waals surface area contributed by atoms with Gasteiger partial charge in [0.05, 0.1) is 5.69 Å². The second-order valence-corrected chi connectivity index (χ2v) is 9.33. The number of nitrogens with one attached hydrogen (secondary N) is 1. The lowest BCUT2D eigenvalue weighted by Crippen LogP contribution is -2.34. The lowest BCUT2D eigenvalue weighted by molar-refractivity contribution is 0.320. The fraction of sp³-hybridized carbons (Fsp3) is 0.769. The van der Waals surface area contributed by atoms with E-state index in [1.807, 2.05) is 0 Å². The Morgan fingerprint density at radius 1 is 1.35 bits per heavy atom. The first-order chi connectivity index (χ1) is 9.18. The van der Waals surface area contributed by atoms with Crippen LogP contribution in [0.15, 0.2) is 4.21 Å². The minimum Gasteiger partial charge on any atom is -0.229 e. The van der Waals surface area contributed by atoms with E-state index in [9.17, 15) is 8.42 Å². The van der Waals surface area contributed by atoms with E-state index in [0.717, 1.165) is 24.2 Å². The molecule has 1 aromatic heterocycles. The Kier molecular flexibility index (Phi) is 6.44. The van der Waals surface area contributed by atoms with Gasteiger partial charge in [0.2, 0.25) is 0 Å². The normalized spacial score (nSPS) is 12.8. The van der Waals surface area contributed by atoms with E-state index in [4.69, 9.17) is 11.6 Å². The number of aryl methyl sites for hydroxylation is 1. The highest BCUT2D eigenvalue weighted by Crippen LogP contribution is 2.28. The summed E-state index contributed by atoms with van der Waals surface area (Å²) in [6.45, 7) is 8.40. The molecule has 0 aliphatic carbocycles. The minimum absolute atomic E-state index is 0.0510. The van der Waals surface area contributed by atoms with Gasteiger partial charge in [0.15, 0.2) is 8.68 Å². The van der Waals surface area contributed by atoms with Crippen LogP contribution in [0, 0.1) is 12.3 Å². The van der Waals surface area contributed by atoms with Gasteiger partial charge < -0.3 is 0 Å². The van der Waals surface area contributed by atoms with Crippen LogP contribution in [0.25, 0.3) is 0 Å². The van der Waals surface area contributed by atoms with E-state index in [1.165, 1.54) is 12.8 Å². The number of halogens is 1. The summed E-state index contributed by atoms with van der Waals surface area (Å²) in [5.74, 6) is 0. The molecule has 116 valence electrons. The third-order valence-corrected chi connectivity index (χ3v) is 6.44. The first kappa shape index (κ1) is 17.9. The van der Waals surface area contributed by atoms with Crippen LogP contribution in [-0.2, 0) is 10.0 Å². The first-order valence-electron chi connectivity index (χ1n) is 6.80. The summed E-state index contributed by atoms with van der Waals surface area (Å²) >= 11 is 6.76. The number of thiazole rings is 1. The van der Waals surface area contributed by atoms with Crippen LogP contribution in [0.2, 0.25) is 4.47 Å². The molecule has 0 aliphatic heterocycles. The molecule has 0 bridgehead atoms. The molecule has 0 aromatic carbocycles. The fourth-order valence-corrected chi connectivity index (χ4v) is 4.92. The Balaban J connectivity index is 2.66. The maximum Gasteiger partial charge on any atom is 0.252 e. The lowest BCUT2D eigenvalue weighted by Gasteiger charge is -2.24. The zero-order valence-electron chi connectivity index (χ0n) is 12.5. The van der Waals surface area contributed by atoms with Crippen molar-refractivity contribution in [1.82, 2.24) is 9.71 Å². The third-order valence-electron chi connectivity index (χ3n) is 3.17. The van der Waals surface area contributed by atoms with E-state index in [0.29, 0.717) is 12.2 Å². The molecule has 0 saturated carbocycles. The van der Waals surface area contributed by atoms with Crippen LogP contribution in [0.3, 0.4) is 0 Å². The predicted octanol–water partition coefficient (Wildman–Crippen LogP) is 3.99. The second kappa shape index (κ2) is 7.20. The third kappa shape index (κ3) is 5.31. The summed E-state index contributed by atoms with van der Waals surface area (Å²) in [6, 6.07) is 0. The zero-order valence-corrected chi connectivity index (χ0v) is 14.9. The van der Waals surface area contributed by atoms with Crippen molar-refractivity contribution in [2.75, 3.05) is 6.54 Å². The van der Waals surface area contributed by atoms with Crippen molar-refractivity contribution in [3.05, 3.63) is 10.2 Å². The molecule has 0 radical (unpaired) electrons. The number of aromatic nitrogens is 1. The molecule has 0 fully saturated rings. The van der Waals surface area contributed by atoms with E-state index < -0.39 is 10.0 Å². The molecule has 20 heavy (non-hydrogen) atoms. The molecule has 0 saturated heterocycles. The molecule has 1 rings (SSSR count). The van der Waals surface area contributed by atoms with Crippen molar-refractivity contribution in [3.8, 4) is 0 Å². The Hall–Kier alpha value is -0.170. The van der Waals surface area contributed by atoms with Crippen molar-refractivity contribution in [2.45, 2.75) is 57.6 Å². The van der Waals surface area contributed by atoms with Crippen molar-refractivity contribution >= 4 is 33.0 Å². The standard InChI is InChI=1S/C13H23ClN2O2S2/c1-5-6-7-8-13(3,4)9-15-20(17,18)11-10(2)16-12(14)19-11/h15H,5-9H2,1-4H3. The number of hydrogen-bond donors (Lipinski definition) is 1. The smallest absolute Gasteiger partial charge is 0.229 e. The van der Waals surface area contributed by atoms with Gasteiger partial charge in [-0.05, 0) is 18.8 Å². The zero-order chi connectivity index (χ0) is 15.4. The Morgan fingerprint density at radius 2 is 2.00 bits per heavy atom. The lowest BCUT2D eigenvalue weighted by atomic mass is 9.87. The van der Waals surface area contributed by atoms with Gasteiger partial charge in [0.1, 0.15) is 0 Å². The highest BCUT2D eigenvalue weighted by Gasteiger charge is 2.25. The van der Waals surface area contributed by atoms with E-state index in [-0.39, 0.29) is 14.1 Å². The molecule has 0 amide bonds. The summed E-state index contributed by atoms with van der Waals surface area (Å²) < 4.78 is 27.6. The number of unbranched alkanes of at least 4 members (excludes halogenated alkanes) is 2. The largest absolute Gasteiger partial charge is 0.252 e. The summed E-state index contributed by atoms with van der Waals surface area (Å²) in [7, 11) is -3.51. The number of nitrogens with zero attached hydrogens (tertiary/aromatic N) is 1. The average molecular weight is 339 g/mol. The number of sulfonamides is 1. The van der Waals surface area contributed by atoms with Gasteiger partial charge in [0.25, 0.3) is 10.0 Å². The number of hydrogen-bond acceptors (Lipinski definition) is 4. The summed E-state index contributed by atoms with van der Waals surface area (Å²) in [4.78, 5) is 3.95. The molecule has 0 atom stereocenters. The molecule has 1 N–H and O–H groups in total. The van der Waals surface area contributed by atoms with Gasteiger partial charge in [-0.3, -0.25) is 0 Å². The molecule has 0 aliphatic rings. The summed E-state index contributed by atoms with van der Waals surface area (Å²) in [5.41, 5.74) is 0.404. The van der Waals surface area contributed by atoms with Crippen LogP contribution in [0.4, 0.5) is 0 Å². The van der Waals surface area contributed by atoms with E-state index in [2.05, 4.69) is 30.5 Å². The van der Waals surface area contributed by atoms with Crippen molar-refractivity contribution < 1.29 is 8.42 Å². The van der Waals surface area contributed by atoms with Crippen LogP contribution >= 0.6 is 22.9 Å². The first-order valence-corrected chi connectivity index (χ1v) is 9.48. The SMILES string of the molecule is CCCCCC(C)(C)CNS(=O)(=O)c1sc(Cl)nc1C. The quantitative estimate of drug-likeness (QED) is 0.729. The molecule has 1 heterocycles. The van der Waals surface area contributed by atoms with Crippen LogP contribution in [0.5, 0.6) is 0 Å². The highest BCUT2D eigenvalue weighted by molar-refractivity contribution is 7.91. The van der Waals surface area contributed by atoms with Crippen molar-refractivity contribution in [1.29, 1.82) is 0 Å². The molecule has 0 spiro atoms. The molecule has 4 nitrogen and oxygen atoms in total. The van der Waals surface area contributed by atoms with E-state index >= 15 is 0 Å². The Morgan fingerprint density at radius 3 is 2.50 bits per heavy atom. The van der Waals surface area contributed by atoms with Crippen LogP contribution in [-0.4, -0.2) is 19.9 Å².